The average molecular weight is 258 g/mol. The molecule has 0 bridgehead atoms. The number of piperidine rings is 1. The molecular formula is C17H26N2. The van der Waals surface area contributed by atoms with Crippen LogP contribution in [0.1, 0.15) is 37.8 Å². The second kappa shape index (κ2) is 6.06. The molecule has 2 saturated heterocycles. The molecule has 2 aliphatic rings. The van der Waals surface area contributed by atoms with Gasteiger partial charge < -0.3 is 5.32 Å². The Kier molecular flexibility index (Phi) is 4.19. The van der Waals surface area contributed by atoms with Crippen molar-refractivity contribution >= 4 is 0 Å². The van der Waals surface area contributed by atoms with E-state index < -0.39 is 0 Å². The third kappa shape index (κ3) is 3.01. The summed E-state index contributed by atoms with van der Waals surface area (Å²) in [6, 6.07) is 11.5. The maximum atomic E-state index is 3.52. The van der Waals surface area contributed by atoms with Crippen molar-refractivity contribution in [2.24, 2.45) is 11.8 Å². The molecule has 0 aliphatic carbocycles. The predicted molar refractivity (Wildman–Crippen MR) is 80.1 cm³/mol. The molecule has 0 saturated carbocycles. The van der Waals surface area contributed by atoms with Gasteiger partial charge in [0.25, 0.3) is 0 Å². The van der Waals surface area contributed by atoms with Crippen LogP contribution in [0.2, 0.25) is 0 Å². The van der Waals surface area contributed by atoms with Gasteiger partial charge in [0.15, 0.2) is 0 Å². The van der Waals surface area contributed by atoms with Crippen LogP contribution in [0.4, 0.5) is 0 Å². The zero-order chi connectivity index (χ0) is 13.1. The normalized spacial score (nSPS) is 27.5. The number of rotatable bonds is 3. The maximum Gasteiger partial charge on any atom is 0.0319 e. The van der Waals surface area contributed by atoms with Crippen LogP contribution in [-0.4, -0.2) is 31.1 Å². The number of hydrogen-bond acceptors (Lipinski definition) is 2. The van der Waals surface area contributed by atoms with E-state index in [1.54, 1.807) is 0 Å². The molecule has 2 nitrogen and oxygen atoms in total. The molecule has 0 spiro atoms. The molecule has 104 valence electrons. The SMILES string of the molecule is CC(c1ccccc1)N1CCC(C2CCNC2)CC1. The van der Waals surface area contributed by atoms with Crippen molar-refractivity contribution in [2.75, 3.05) is 26.2 Å². The van der Waals surface area contributed by atoms with Crippen LogP contribution in [0.3, 0.4) is 0 Å². The molecule has 2 heteroatoms. The molecular weight excluding hydrogens is 232 g/mol. The number of nitrogens with zero attached hydrogens (tertiary/aromatic N) is 1. The highest BCUT2D eigenvalue weighted by Gasteiger charge is 2.29. The van der Waals surface area contributed by atoms with Crippen molar-refractivity contribution in [2.45, 2.75) is 32.2 Å². The van der Waals surface area contributed by atoms with E-state index in [-0.39, 0.29) is 0 Å². The third-order valence-corrected chi connectivity index (χ3v) is 5.17. The van der Waals surface area contributed by atoms with E-state index in [1.165, 1.54) is 51.0 Å². The summed E-state index contributed by atoms with van der Waals surface area (Å²) >= 11 is 0. The van der Waals surface area contributed by atoms with Crippen molar-refractivity contribution in [1.82, 2.24) is 10.2 Å². The lowest BCUT2D eigenvalue weighted by Gasteiger charge is -2.38. The van der Waals surface area contributed by atoms with Crippen molar-refractivity contribution in [3.8, 4) is 0 Å². The minimum atomic E-state index is 0.573. The van der Waals surface area contributed by atoms with Gasteiger partial charge in [-0.1, -0.05) is 30.3 Å². The topological polar surface area (TPSA) is 15.3 Å². The van der Waals surface area contributed by atoms with Gasteiger partial charge in [-0.15, -0.1) is 0 Å². The van der Waals surface area contributed by atoms with E-state index in [4.69, 9.17) is 0 Å². The third-order valence-electron chi connectivity index (χ3n) is 5.17. The summed E-state index contributed by atoms with van der Waals surface area (Å²) < 4.78 is 0. The molecule has 0 amide bonds. The van der Waals surface area contributed by atoms with Crippen LogP contribution < -0.4 is 5.32 Å². The lowest BCUT2D eigenvalue weighted by Crippen LogP contribution is -2.38. The molecule has 3 rings (SSSR count). The van der Waals surface area contributed by atoms with Gasteiger partial charge >= 0.3 is 0 Å². The zero-order valence-electron chi connectivity index (χ0n) is 12.0. The number of likely N-dealkylation sites (tertiary alicyclic amines) is 1. The van der Waals surface area contributed by atoms with E-state index in [9.17, 15) is 0 Å². The Morgan fingerprint density at radius 3 is 2.42 bits per heavy atom. The minimum absolute atomic E-state index is 0.573. The van der Waals surface area contributed by atoms with Gasteiger partial charge in [-0.2, -0.15) is 0 Å². The van der Waals surface area contributed by atoms with Crippen LogP contribution in [0, 0.1) is 11.8 Å². The minimum Gasteiger partial charge on any atom is -0.316 e. The number of benzene rings is 1. The first-order chi connectivity index (χ1) is 9.34. The lowest BCUT2D eigenvalue weighted by molar-refractivity contribution is 0.118. The molecule has 2 atom stereocenters. The monoisotopic (exact) mass is 258 g/mol. The Morgan fingerprint density at radius 2 is 1.79 bits per heavy atom. The van der Waals surface area contributed by atoms with Gasteiger partial charge in [0.2, 0.25) is 0 Å². The molecule has 2 aliphatic heterocycles. The second-order valence-electron chi connectivity index (χ2n) is 6.21. The summed E-state index contributed by atoms with van der Waals surface area (Å²) in [6.45, 7) is 7.41. The second-order valence-corrected chi connectivity index (χ2v) is 6.21. The average Bonchev–Trinajstić information content (AvgIpc) is 3.02. The number of nitrogens with one attached hydrogen (secondary N) is 1. The van der Waals surface area contributed by atoms with Crippen molar-refractivity contribution in [3.05, 3.63) is 35.9 Å². The van der Waals surface area contributed by atoms with E-state index >= 15 is 0 Å². The van der Waals surface area contributed by atoms with Crippen molar-refractivity contribution in [3.63, 3.8) is 0 Å². The number of hydrogen-bond donors (Lipinski definition) is 1. The first kappa shape index (κ1) is 13.1. The Bertz CT molecular complexity index is 376. The molecule has 1 aromatic carbocycles. The largest absolute Gasteiger partial charge is 0.316 e. The Balaban J connectivity index is 1.55. The van der Waals surface area contributed by atoms with Crippen LogP contribution in [0.25, 0.3) is 0 Å². The summed E-state index contributed by atoms with van der Waals surface area (Å²) in [4.78, 5) is 2.66. The lowest BCUT2D eigenvalue weighted by atomic mass is 9.83. The molecule has 1 N–H and O–H groups in total. The molecule has 2 unspecified atom stereocenters. The maximum absolute atomic E-state index is 3.52. The van der Waals surface area contributed by atoms with Gasteiger partial charge in [-0.05, 0) is 69.8 Å². The standard InChI is InChI=1S/C17H26N2/c1-14(15-5-3-2-4-6-15)19-11-8-16(9-12-19)17-7-10-18-13-17/h2-6,14,16-18H,7-13H2,1H3. The summed E-state index contributed by atoms with van der Waals surface area (Å²) in [7, 11) is 0. The highest BCUT2D eigenvalue weighted by molar-refractivity contribution is 5.18. The van der Waals surface area contributed by atoms with Crippen LogP contribution in [0.5, 0.6) is 0 Å². The Labute approximate surface area is 117 Å². The molecule has 2 heterocycles. The van der Waals surface area contributed by atoms with Crippen LogP contribution >= 0.6 is 0 Å². The molecule has 1 aromatic rings. The molecule has 2 fully saturated rings. The zero-order valence-corrected chi connectivity index (χ0v) is 12.0. The van der Waals surface area contributed by atoms with E-state index in [1.807, 2.05) is 0 Å². The Hall–Kier alpha value is -0.860. The van der Waals surface area contributed by atoms with Gasteiger partial charge in [0, 0.05) is 6.04 Å². The summed E-state index contributed by atoms with van der Waals surface area (Å²) in [5, 5.41) is 3.52. The Morgan fingerprint density at radius 1 is 1.05 bits per heavy atom. The smallest absolute Gasteiger partial charge is 0.0319 e. The summed E-state index contributed by atoms with van der Waals surface area (Å²) in [5.41, 5.74) is 1.46. The van der Waals surface area contributed by atoms with Crippen molar-refractivity contribution < 1.29 is 0 Å². The predicted octanol–water partition coefficient (Wildman–Crippen LogP) is 3.07. The quantitative estimate of drug-likeness (QED) is 0.896. The highest BCUT2D eigenvalue weighted by atomic mass is 15.2. The van der Waals surface area contributed by atoms with E-state index in [0.717, 1.165) is 11.8 Å². The van der Waals surface area contributed by atoms with Crippen molar-refractivity contribution in [1.29, 1.82) is 0 Å². The molecule has 0 radical (unpaired) electrons. The fraction of sp³-hybridized carbons (Fsp3) is 0.647. The van der Waals surface area contributed by atoms with Gasteiger partial charge in [-0.25, -0.2) is 0 Å². The first-order valence-electron chi connectivity index (χ1n) is 7.84. The summed E-state index contributed by atoms with van der Waals surface area (Å²) in [5.74, 6) is 1.92. The summed E-state index contributed by atoms with van der Waals surface area (Å²) in [6.07, 6.45) is 4.19. The first-order valence-corrected chi connectivity index (χ1v) is 7.84. The van der Waals surface area contributed by atoms with E-state index in [2.05, 4.69) is 47.5 Å². The highest BCUT2D eigenvalue weighted by Crippen LogP contribution is 2.32. The van der Waals surface area contributed by atoms with Crippen LogP contribution in [0.15, 0.2) is 30.3 Å². The van der Waals surface area contributed by atoms with Gasteiger partial charge in [-0.3, -0.25) is 4.90 Å². The van der Waals surface area contributed by atoms with Gasteiger partial charge in [0.05, 0.1) is 0 Å². The molecule has 19 heavy (non-hydrogen) atoms. The molecule has 0 aromatic heterocycles. The fourth-order valence-electron chi connectivity index (χ4n) is 3.80. The van der Waals surface area contributed by atoms with Gasteiger partial charge in [0.1, 0.15) is 0 Å². The van der Waals surface area contributed by atoms with Crippen LogP contribution in [-0.2, 0) is 0 Å². The van der Waals surface area contributed by atoms with E-state index in [0.29, 0.717) is 6.04 Å². The fourth-order valence-corrected chi connectivity index (χ4v) is 3.80.